The first-order valence-corrected chi connectivity index (χ1v) is 14.0. The van der Waals surface area contributed by atoms with Crippen LogP contribution >= 0.6 is 0 Å². The molecule has 0 heteroatoms. The van der Waals surface area contributed by atoms with Crippen molar-refractivity contribution in [2.24, 2.45) is 46.3 Å². The van der Waals surface area contributed by atoms with Gasteiger partial charge in [0.2, 0.25) is 0 Å². The zero-order valence-corrected chi connectivity index (χ0v) is 21.9. The fraction of sp³-hybridized carbons (Fsp3) is 0.933. The molecule has 0 heterocycles. The Bertz CT molecular complexity index is 597. The van der Waals surface area contributed by atoms with Crippen LogP contribution in [0.25, 0.3) is 0 Å². The molecule has 0 aromatic carbocycles. The molecule has 2 saturated carbocycles. The fourth-order valence-corrected chi connectivity index (χ4v) is 8.70. The van der Waals surface area contributed by atoms with Crippen LogP contribution in [0.5, 0.6) is 0 Å². The van der Waals surface area contributed by atoms with Crippen LogP contribution < -0.4 is 0 Å². The molecule has 30 heavy (non-hydrogen) atoms. The maximum atomic E-state index is 2.72. The molecule has 7 atom stereocenters. The van der Waals surface area contributed by atoms with Gasteiger partial charge in [0.05, 0.1) is 0 Å². The van der Waals surface area contributed by atoms with E-state index in [0.29, 0.717) is 10.8 Å². The summed E-state index contributed by atoms with van der Waals surface area (Å²) in [4.78, 5) is 0. The summed E-state index contributed by atoms with van der Waals surface area (Å²) in [7, 11) is 0. The van der Waals surface area contributed by atoms with Crippen molar-refractivity contribution in [3.63, 3.8) is 0 Å². The van der Waals surface area contributed by atoms with E-state index in [1.165, 1.54) is 77.0 Å². The molecule has 0 aromatic rings. The van der Waals surface area contributed by atoms with Crippen molar-refractivity contribution in [2.45, 2.75) is 132 Å². The Morgan fingerprint density at radius 1 is 0.900 bits per heavy atom. The van der Waals surface area contributed by atoms with Crippen LogP contribution in [0.15, 0.2) is 11.1 Å². The third-order valence-corrected chi connectivity index (χ3v) is 10.5. The molecule has 7 unspecified atom stereocenters. The second-order valence-corrected chi connectivity index (χ2v) is 12.6. The van der Waals surface area contributed by atoms with E-state index in [1.807, 2.05) is 25.0 Å². The van der Waals surface area contributed by atoms with Crippen molar-refractivity contribution in [1.29, 1.82) is 0 Å². The summed E-state index contributed by atoms with van der Waals surface area (Å²) >= 11 is 0. The van der Waals surface area contributed by atoms with Gasteiger partial charge in [-0.15, -0.1) is 0 Å². The van der Waals surface area contributed by atoms with Crippen LogP contribution in [0.1, 0.15) is 132 Å². The Labute approximate surface area is 190 Å². The van der Waals surface area contributed by atoms with Gasteiger partial charge < -0.3 is 0 Å². The molecule has 0 aliphatic heterocycles. The van der Waals surface area contributed by atoms with Crippen molar-refractivity contribution >= 4 is 0 Å². The Hall–Kier alpha value is -0.260. The molecular formula is C30H54. The molecule has 4 aliphatic rings. The van der Waals surface area contributed by atoms with Gasteiger partial charge in [0.25, 0.3) is 0 Å². The lowest BCUT2D eigenvalue weighted by molar-refractivity contribution is 0.0549. The smallest absolute Gasteiger partial charge is 0.00850 e. The van der Waals surface area contributed by atoms with Gasteiger partial charge >= 0.3 is 0 Å². The number of allylic oxidation sites excluding steroid dienone is 2. The van der Waals surface area contributed by atoms with E-state index in [4.69, 9.17) is 0 Å². The summed E-state index contributed by atoms with van der Waals surface area (Å²) < 4.78 is 0. The molecule has 4 rings (SSSR count). The van der Waals surface area contributed by atoms with Crippen molar-refractivity contribution in [3.8, 4) is 0 Å². The van der Waals surface area contributed by atoms with Gasteiger partial charge in [-0.05, 0) is 104 Å². The van der Waals surface area contributed by atoms with E-state index < -0.39 is 0 Å². The van der Waals surface area contributed by atoms with Crippen molar-refractivity contribution in [2.75, 3.05) is 0 Å². The van der Waals surface area contributed by atoms with E-state index in [1.54, 1.807) is 0 Å². The van der Waals surface area contributed by atoms with Crippen molar-refractivity contribution in [3.05, 3.63) is 11.1 Å². The van der Waals surface area contributed by atoms with E-state index >= 15 is 0 Å². The topological polar surface area (TPSA) is 0 Å². The first kappa shape index (κ1) is 24.4. The van der Waals surface area contributed by atoms with Gasteiger partial charge in [-0.2, -0.15) is 0 Å². The predicted molar refractivity (Wildman–Crippen MR) is 134 cm³/mol. The molecule has 174 valence electrons. The predicted octanol–water partition coefficient (Wildman–Crippen LogP) is 9.83. The Balaban J connectivity index is 0.00000124. The Morgan fingerprint density at radius 2 is 1.63 bits per heavy atom. The number of fused-ring (bicyclic) bond motifs is 4. The summed E-state index contributed by atoms with van der Waals surface area (Å²) in [6.07, 6.45) is 17.7. The van der Waals surface area contributed by atoms with E-state index in [0.717, 1.165) is 35.5 Å². The Morgan fingerprint density at radius 3 is 2.33 bits per heavy atom. The van der Waals surface area contributed by atoms with Gasteiger partial charge in [-0.1, -0.05) is 85.8 Å². The molecule has 4 aliphatic carbocycles. The van der Waals surface area contributed by atoms with Gasteiger partial charge in [-0.3, -0.25) is 0 Å². The number of hydrogen-bond acceptors (Lipinski definition) is 0. The third-order valence-electron chi connectivity index (χ3n) is 10.5. The Kier molecular flexibility index (Phi) is 7.89. The van der Waals surface area contributed by atoms with Gasteiger partial charge in [-0.25, -0.2) is 0 Å². The quantitative estimate of drug-likeness (QED) is 0.392. The van der Waals surface area contributed by atoms with Crippen molar-refractivity contribution < 1.29 is 0 Å². The fourth-order valence-electron chi connectivity index (χ4n) is 8.70. The van der Waals surface area contributed by atoms with E-state index in [2.05, 4.69) is 41.5 Å². The van der Waals surface area contributed by atoms with Crippen LogP contribution in [0.2, 0.25) is 0 Å². The highest BCUT2D eigenvalue weighted by molar-refractivity contribution is 5.34. The van der Waals surface area contributed by atoms with Crippen LogP contribution in [0, 0.1) is 46.3 Å². The molecule has 0 spiro atoms. The van der Waals surface area contributed by atoms with Gasteiger partial charge in [0.15, 0.2) is 0 Å². The second kappa shape index (κ2) is 9.70. The number of rotatable bonds is 5. The average molecular weight is 415 g/mol. The lowest BCUT2D eigenvalue weighted by Gasteiger charge is -2.55. The zero-order chi connectivity index (χ0) is 22.1. The minimum Gasteiger partial charge on any atom is -0.0683 e. The molecule has 0 saturated heterocycles. The first-order valence-electron chi connectivity index (χ1n) is 14.0. The molecule has 2 fully saturated rings. The van der Waals surface area contributed by atoms with Crippen LogP contribution in [0.3, 0.4) is 0 Å². The number of hydrogen-bond donors (Lipinski definition) is 0. The maximum absolute atomic E-state index is 2.72. The average Bonchev–Trinajstić information content (AvgIpc) is 3.07. The molecule has 0 amide bonds. The van der Waals surface area contributed by atoms with Crippen LogP contribution in [0.4, 0.5) is 0 Å². The lowest BCUT2D eigenvalue weighted by atomic mass is 9.50. The van der Waals surface area contributed by atoms with E-state index in [9.17, 15) is 0 Å². The molecule has 0 N–H and O–H groups in total. The molecule has 0 nitrogen and oxygen atoms in total. The summed E-state index contributed by atoms with van der Waals surface area (Å²) in [5.41, 5.74) is 5.18. The first-order chi connectivity index (χ1) is 14.3. The monoisotopic (exact) mass is 414 g/mol. The maximum Gasteiger partial charge on any atom is -0.00850 e. The minimum atomic E-state index is 0.572. The van der Waals surface area contributed by atoms with Gasteiger partial charge in [0, 0.05) is 0 Å². The minimum absolute atomic E-state index is 0.572. The highest BCUT2D eigenvalue weighted by Gasteiger charge is 2.55. The SMILES string of the molecule is CC.CC(C)CCCC(C)C1CCC2C3=C(CCC21C)C1(C)CCC(C)CC1CC3. The third kappa shape index (κ3) is 4.32. The van der Waals surface area contributed by atoms with Gasteiger partial charge in [0.1, 0.15) is 0 Å². The standard InChI is InChI=1S/C28H48.C2H6/c1-19(2)8-7-9-21(4)24-12-13-25-23-11-10-22-18-20(3)14-16-27(22,5)26(23)15-17-28(24,25)6;1-2/h19-22,24-25H,7-18H2,1-6H3;1-2H3. The second-order valence-electron chi connectivity index (χ2n) is 12.6. The van der Waals surface area contributed by atoms with Crippen molar-refractivity contribution in [1.82, 2.24) is 0 Å². The molecule has 0 bridgehead atoms. The molecular weight excluding hydrogens is 360 g/mol. The van der Waals surface area contributed by atoms with Crippen LogP contribution in [-0.4, -0.2) is 0 Å². The summed E-state index contributed by atoms with van der Waals surface area (Å²) in [6, 6.07) is 0. The zero-order valence-electron chi connectivity index (χ0n) is 21.9. The largest absolute Gasteiger partial charge is 0.0683 e. The highest BCUT2D eigenvalue weighted by Crippen LogP contribution is 2.66. The summed E-state index contributed by atoms with van der Waals surface area (Å²) in [6.45, 7) is 19.3. The molecule has 0 aromatic heterocycles. The highest BCUT2D eigenvalue weighted by atomic mass is 14.6. The summed E-state index contributed by atoms with van der Waals surface area (Å²) in [5, 5.41) is 0. The summed E-state index contributed by atoms with van der Waals surface area (Å²) in [5.74, 6) is 5.68. The normalized spacial score (nSPS) is 41.5. The van der Waals surface area contributed by atoms with E-state index in [-0.39, 0.29) is 0 Å². The molecule has 0 radical (unpaired) electrons. The van der Waals surface area contributed by atoms with Crippen LogP contribution in [-0.2, 0) is 0 Å². The lowest BCUT2D eigenvalue weighted by Crippen LogP contribution is -2.44.